The van der Waals surface area contributed by atoms with Gasteiger partial charge >= 0.3 is 6.18 Å². The molecule has 0 radical (unpaired) electrons. The minimum absolute atomic E-state index is 0.0617. The normalized spacial score (nSPS) is 21.1. The molecule has 0 amide bonds. The first kappa shape index (κ1) is 16.4. The van der Waals surface area contributed by atoms with E-state index in [-0.39, 0.29) is 16.8 Å². The van der Waals surface area contributed by atoms with E-state index in [0.29, 0.717) is 5.56 Å². The summed E-state index contributed by atoms with van der Waals surface area (Å²) in [5.41, 5.74) is 2.57. The molecule has 126 valence electrons. The SMILES string of the molecule is C[C@@H]1OC(O)NN=C1c1ccc(-c2ccncc2)c(C(F)(F)F)c1. The average Bonchev–Trinajstić information content (AvgIpc) is 2.54. The number of aromatic nitrogens is 1. The first-order chi connectivity index (χ1) is 11.4. The maximum absolute atomic E-state index is 13.5. The van der Waals surface area contributed by atoms with E-state index < -0.39 is 24.3 Å². The predicted octanol–water partition coefficient (Wildman–Crippen LogP) is 2.76. The highest BCUT2D eigenvalue weighted by Crippen LogP contribution is 2.37. The molecule has 0 bridgehead atoms. The van der Waals surface area contributed by atoms with Crippen molar-refractivity contribution in [3.05, 3.63) is 53.9 Å². The zero-order valence-corrected chi connectivity index (χ0v) is 12.6. The number of ether oxygens (including phenoxy) is 1. The first-order valence-electron chi connectivity index (χ1n) is 7.15. The maximum Gasteiger partial charge on any atom is 0.417 e. The van der Waals surface area contributed by atoms with Crippen LogP contribution in [-0.2, 0) is 10.9 Å². The number of rotatable bonds is 2. The van der Waals surface area contributed by atoms with E-state index in [4.69, 9.17) is 4.74 Å². The molecule has 0 saturated carbocycles. The second-order valence-electron chi connectivity index (χ2n) is 5.25. The molecule has 3 rings (SSSR count). The molecule has 1 aliphatic heterocycles. The van der Waals surface area contributed by atoms with Gasteiger partial charge in [0.05, 0.1) is 11.3 Å². The molecule has 0 aliphatic carbocycles. The Kier molecular flexibility index (Phi) is 4.25. The lowest BCUT2D eigenvalue weighted by molar-refractivity contribution is -0.139. The number of aliphatic hydroxyl groups is 1. The van der Waals surface area contributed by atoms with Gasteiger partial charge < -0.3 is 9.84 Å². The maximum atomic E-state index is 13.5. The first-order valence-corrected chi connectivity index (χ1v) is 7.15. The van der Waals surface area contributed by atoms with Gasteiger partial charge in [-0.3, -0.25) is 10.4 Å². The Bertz CT molecular complexity index is 763. The third-order valence-electron chi connectivity index (χ3n) is 3.63. The van der Waals surface area contributed by atoms with E-state index >= 15 is 0 Å². The van der Waals surface area contributed by atoms with E-state index in [1.807, 2.05) is 0 Å². The van der Waals surface area contributed by atoms with Crippen molar-refractivity contribution in [1.29, 1.82) is 0 Å². The third kappa shape index (κ3) is 3.24. The second kappa shape index (κ2) is 6.21. The molecule has 1 unspecified atom stereocenters. The van der Waals surface area contributed by atoms with Crippen LogP contribution in [0.4, 0.5) is 13.2 Å². The van der Waals surface area contributed by atoms with Gasteiger partial charge in [-0.1, -0.05) is 12.1 Å². The highest BCUT2D eigenvalue weighted by atomic mass is 19.4. The Labute approximate surface area is 135 Å². The van der Waals surface area contributed by atoms with Gasteiger partial charge in [0.2, 0.25) is 0 Å². The number of nitrogens with one attached hydrogen (secondary N) is 1. The van der Waals surface area contributed by atoms with Crippen LogP contribution < -0.4 is 5.43 Å². The summed E-state index contributed by atoms with van der Waals surface area (Å²) in [6.07, 6.45) is -3.57. The molecule has 8 heteroatoms. The molecule has 2 N–H and O–H groups in total. The van der Waals surface area contributed by atoms with Crippen LogP contribution in [0.3, 0.4) is 0 Å². The monoisotopic (exact) mass is 337 g/mol. The van der Waals surface area contributed by atoms with E-state index in [2.05, 4.69) is 15.5 Å². The largest absolute Gasteiger partial charge is 0.417 e. The van der Waals surface area contributed by atoms with Crippen molar-refractivity contribution >= 4 is 5.71 Å². The fraction of sp³-hybridized carbons (Fsp3) is 0.250. The summed E-state index contributed by atoms with van der Waals surface area (Å²) >= 11 is 0. The number of alkyl halides is 3. The minimum Gasteiger partial charge on any atom is -0.350 e. The van der Waals surface area contributed by atoms with E-state index in [9.17, 15) is 18.3 Å². The van der Waals surface area contributed by atoms with Crippen LogP contribution in [0.1, 0.15) is 18.1 Å². The molecular formula is C16H14F3N3O2. The number of hydrazone groups is 1. The molecule has 0 spiro atoms. The van der Waals surface area contributed by atoms with Crippen molar-refractivity contribution in [2.45, 2.75) is 25.6 Å². The smallest absolute Gasteiger partial charge is 0.350 e. The number of benzene rings is 1. The third-order valence-corrected chi connectivity index (χ3v) is 3.63. The molecule has 0 saturated heterocycles. The van der Waals surface area contributed by atoms with Crippen LogP contribution >= 0.6 is 0 Å². The van der Waals surface area contributed by atoms with Crippen molar-refractivity contribution in [2.24, 2.45) is 5.10 Å². The average molecular weight is 337 g/mol. The summed E-state index contributed by atoms with van der Waals surface area (Å²) in [4.78, 5) is 3.82. The van der Waals surface area contributed by atoms with Crippen LogP contribution in [-0.4, -0.2) is 28.3 Å². The van der Waals surface area contributed by atoms with Crippen LogP contribution in [0, 0.1) is 0 Å². The summed E-state index contributed by atoms with van der Waals surface area (Å²) in [5, 5.41) is 13.2. The Morgan fingerprint density at radius 2 is 1.83 bits per heavy atom. The van der Waals surface area contributed by atoms with Crippen LogP contribution in [0.25, 0.3) is 11.1 Å². The van der Waals surface area contributed by atoms with E-state index in [1.54, 1.807) is 13.0 Å². The fourth-order valence-corrected chi connectivity index (χ4v) is 2.52. The van der Waals surface area contributed by atoms with Gasteiger partial charge in [-0.15, -0.1) is 0 Å². The van der Waals surface area contributed by atoms with Crippen molar-refractivity contribution < 1.29 is 23.0 Å². The molecule has 24 heavy (non-hydrogen) atoms. The topological polar surface area (TPSA) is 66.7 Å². The fourth-order valence-electron chi connectivity index (χ4n) is 2.52. The molecule has 0 fully saturated rings. The number of hydrogen-bond acceptors (Lipinski definition) is 5. The molecule has 2 aromatic rings. The summed E-state index contributed by atoms with van der Waals surface area (Å²) in [7, 11) is 0. The van der Waals surface area contributed by atoms with Gasteiger partial charge in [0.25, 0.3) is 6.41 Å². The standard InChI is InChI=1S/C16H14F3N3O2/c1-9-14(21-22-15(23)24-9)11-2-3-12(10-4-6-20-7-5-10)13(8-11)16(17,18)19/h2-9,15,22-23H,1H3/t9-,15?/m0/s1. The number of nitrogens with zero attached hydrogens (tertiary/aromatic N) is 2. The Hall–Kier alpha value is -2.45. The minimum atomic E-state index is -4.53. The molecule has 2 atom stereocenters. The van der Waals surface area contributed by atoms with Gasteiger partial charge in [-0.25, -0.2) is 0 Å². The van der Waals surface area contributed by atoms with E-state index in [1.165, 1.54) is 30.6 Å². The second-order valence-corrected chi connectivity index (χ2v) is 5.25. The van der Waals surface area contributed by atoms with Crippen molar-refractivity contribution in [3.63, 3.8) is 0 Å². The van der Waals surface area contributed by atoms with Gasteiger partial charge in [-0.2, -0.15) is 18.3 Å². The highest BCUT2D eigenvalue weighted by Gasteiger charge is 2.35. The number of halogens is 3. The highest BCUT2D eigenvalue weighted by molar-refractivity contribution is 6.04. The van der Waals surface area contributed by atoms with Crippen LogP contribution in [0.5, 0.6) is 0 Å². The predicted molar refractivity (Wildman–Crippen MR) is 80.9 cm³/mol. The molecule has 2 heterocycles. The molecule has 1 aromatic heterocycles. The Morgan fingerprint density at radius 1 is 1.12 bits per heavy atom. The Morgan fingerprint density at radius 3 is 2.46 bits per heavy atom. The van der Waals surface area contributed by atoms with Crippen molar-refractivity contribution in [2.75, 3.05) is 0 Å². The van der Waals surface area contributed by atoms with Gasteiger partial charge in [-0.05, 0) is 36.2 Å². The number of pyridine rings is 1. The lowest BCUT2D eigenvalue weighted by Gasteiger charge is -2.25. The summed E-state index contributed by atoms with van der Waals surface area (Å²) in [5.74, 6) is 0. The quantitative estimate of drug-likeness (QED) is 0.884. The van der Waals surface area contributed by atoms with Gasteiger partial charge in [0, 0.05) is 18.0 Å². The van der Waals surface area contributed by atoms with E-state index in [0.717, 1.165) is 6.07 Å². The molecule has 1 aliphatic rings. The zero-order valence-electron chi connectivity index (χ0n) is 12.6. The van der Waals surface area contributed by atoms with Crippen LogP contribution in [0.2, 0.25) is 0 Å². The molecular weight excluding hydrogens is 323 g/mol. The number of hydrogen-bond donors (Lipinski definition) is 2. The summed E-state index contributed by atoms with van der Waals surface area (Å²) in [6.45, 7) is 1.60. The van der Waals surface area contributed by atoms with Crippen molar-refractivity contribution in [3.8, 4) is 11.1 Å². The van der Waals surface area contributed by atoms with Crippen molar-refractivity contribution in [1.82, 2.24) is 10.4 Å². The van der Waals surface area contributed by atoms with Crippen LogP contribution in [0.15, 0.2) is 47.8 Å². The summed E-state index contributed by atoms with van der Waals surface area (Å²) in [6, 6.07) is 7.02. The Balaban J connectivity index is 2.09. The molecule has 5 nitrogen and oxygen atoms in total. The molecule has 1 aromatic carbocycles. The lowest BCUT2D eigenvalue weighted by atomic mass is 9.95. The van der Waals surface area contributed by atoms with Gasteiger partial charge in [0.1, 0.15) is 6.10 Å². The summed E-state index contributed by atoms with van der Waals surface area (Å²) < 4.78 is 45.6. The lowest BCUT2D eigenvalue weighted by Crippen LogP contribution is -2.41. The van der Waals surface area contributed by atoms with Gasteiger partial charge in [0.15, 0.2) is 0 Å². The zero-order chi connectivity index (χ0) is 17.3. The number of aliphatic hydroxyl groups excluding tert-OH is 1.